The van der Waals surface area contributed by atoms with Gasteiger partial charge in [-0.15, -0.1) is 11.3 Å². The zero-order chi connectivity index (χ0) is 19.0. The van der Waals surface area contributed by atoms with Crippen LogP contribution in [0.15, 0.2) is 36.7 Å². The third kappa shape index (κ3) is 3.06. The molecule has 142 valence electrons. The third-order valence-corrected chi connectivity index (χ3v) is 7.17. The summed E-state index contributed by atoms with van der Waals surface area (Å²) in [6.45, 7) is 4.56. The molecule has 2 aromatic heterocycles. The predicted molar refractivity (Wildman–Crippen MR) is 105 cm³/mol. The molecule has 1 N–H and O–H groups in total. The maximum atomic E-state index is 13.2. The van der Waals surface area contributed by atoms with Crippen LogP contribution >= 0.6 is 11.3 Å². The van der Waals surface area contributed by atoms with Crippen LogP contribution < -0.4 is 5.32 Å². The van der Waals surface area contributed by atoms with Crippen LogP contribution in [-0.4, -0.2) is 33.8 Å². The number of nitrogens with one attached hydrogen (secondary N) is 1. The van der Waals surface area contributed by atoms with Gasteiger partial charge in [0, 0.05) is 35.9 Å². The Kier molecular flexibility index (Phi) is 4.76. The highest BCUT2D eigenvalue weighted by molar-refractivity contribution is 7.13. The number of fused-ring (bicyclic) bond motifs is 2. The summed E-state index contributed by atoms with van der Waals surface area (Å²) in [5.41, 5.74) is 0.509. The summed E-state index contributed by atoms with van der Waals surface area (Å²) in [5, 5.41) is 3.11. The topological polar surface area (TPSA) is 62.3 Å². The van der Waals surface area contributed by atoms with Crippen LogP contribution in [0.3, 0.4) is 0 Å². The van der Waals surface area contributed by atoms with Crippen LogP contribution in [0.2, 0.25) is 0 Å². The molecule has 0 radical (unpaired) electrons. The van der Waals surface area contributed by atoms with Crippen LogP contribution in [0, 0.1) is 12.3 Å². The molecule has 3 atom stereocenters. The molecule has 2 bridgehead atoms. The first-order valence-corrected chi connectivity index (χ1v) is 10.4. The van der Waals surface area contributed by atoms with E-state index in [1.54, 1.807) is 12.4 Å². The van der Waals surface area contributed by atoms with Gasteiger partial charge in [0.1, 0.15) is 0 Å². The molecule has 2 saturated heterocycles. The Morgan fingerprint density at radius 1 is 1.33 bits per heavy atom. The standard InChI is InChI=1S/C21H25N3O2S/c1-3-21(20(26)23-13-15-5-4-10-22-12-15)11-16-7-9-18(21)24(16)19(25)17-8-6-14(2)27-17/h4-6,8,10,12,16,18H,3,7,9,11,13H2,1-2H3,(H,23,26)/t16-,18+,21+/m0/s1. The monoisotopic (exact) mass is 383 g/mol. The predicted octanol–water partition coefficient (Wildman–Crippen LogP) is 3.54. The average molecular weight is 384 g/mol. The molecule has 2 aromatic rings. The number of hydrogen-bond acceptors (Lipinski definition) is 4. The SMILES string of the molecule is CC[C@@]1(C(=O)NCc2cccnc2)C[C@@H]2CC[C@H]1N2C(=O)c1ccc(C)s1. The highest BCUT2D eigenvalue weighted by atomic mass is 32.1. The Morgan fingerprint density at radius 2 is 2.19 bits per heavy atom. The zero-order valence-corrected chi connectivity index (χ0v) is 16.6. The van der Waals surface area contributed by atoms with Gasteiger partial charge in [-0.2, -0.15) is 0 Å². The minimum absolute atomic E-state index is 0.00342. The number of carbonyl (C=O) groups excluding carboxylic acids is 2. The van der Waals surface area contributed by atoms with Crippen molar-refractivity contribution in [1.29, 1.82) is 0 Å². The van der Waals surface area contributed by atoms with Crippen LogP contribution in [-0.2, 0) is 11.3 Å². The first kappa shape index (κ1) is 18.2. The summed E-state index contributed by atoms with van der Waals surface area (Å²) in [5.74, 6) is 0.164. The number of hydrogen-bond donors (Lipinski definition) is 1. The van der Waals surface area contributed by atoms with Gasteiger partial charge in [-0.25, -0.2) is 0 Å². The van der Waals surface area contributed by atoms with Crippen molar-refractivity contribution in [2.45, 2.75) is 58.2 Å². The van der Waals surface area contributed by atoms with Crippen molar-refractivity contribution in [2.24, 2.45) is 5.41 Å². The van der Waals surface area contributed by atoms with E-state index < -0.39 is 5.41 Å². The number of aryl methyl sites for hydroxylation is 1. The lowest BCUT2D eigenvalue weighted by Crippen LogP contribution is -2.49. The summed E-state index contributed by atoms with van der Waals surface area (Å²) in [7, 11) is 0. The summed E-state index contributed by atoms with van der Waals surface area (Å²) >= 11 is 1.54. The number of rotatable bonds is 5. The van der Waals surface area contributed by atoms with Crippen LogP contribution in [0.1, 0.15) is 52.7 Å². The van der Waals surface area contributed by atoms with E-state index in [1.807, 2.05) is 36.1 Å². The number of nitrogens with zero attached hydrogens (tertiary/aromatic N) is 2. The summed E-state index contributed by atoms with van der Waals surface area (Å²) in [6.07, 6.45) is 6.93. The Labute approximate surface area is 163 Å². The van der Waals surface area contributed by atoms with Gasteiger partial charge >= 0.3 is 0 Å². The number of pyridine rings is 1. The first-order valence-electron chi connectivity index (χ1n) is 9.61. The normalized spacial score (nSPS) is 26.4. The van der Waals surface area contributed by atoms with E-state index in [0.29, 0.717) is 6.54 Å². The van der Waals surface area contributed by atoms with E-state index in [1.165, 1.54) is 11.3 Å². The Balaban J connectivity index is 1.53. The molecule has 0 saturated carbocycles. The lowest BCUT2D eigenvalue weighted by Gasteiger charge is -2.35. The number of aromatic nitrogens is 1. The zero-order valence-electron chi connectivity index (χ0n) is 15.8. The largest absolute Gasteiger partial charge is 0.351 e. The fourth-order valence-corrected chi connectivity index (χ4v) is 5.62. The molecule has 0 aliphatic carbocycles. The molecule has 2 aliphatic rings. The Hall–Kier alpha value is -2.21. The highest BCUT2D eigenvalue weighted by Gasteiger charge is 2.60. The van der Waals surface area contributed by atoms with E-state index in [4.69, 9.17) is 0 Å². The molecule has 2 fully saturated rings. The van der Waals surface area contributed by atoms with Gasteiger partial charge in [0.05, 0.1) is 10.3 Å². The van der Waals surface area contributed by atoms with E-state index in [2.05, 4.69) is 17.2 Å². The fourth-order valence-electron chi connectivity index (χ4n) is 4.81. The Bertz CT molecular complexity index is 850. The van der Waals surface area contributed by atoms with Crippen LogP contribution in [0.5, 0.6) is 0 Å². The van der Waals surface area contributed by atoms with Gasteiger partial charge < -0.3 is 10.2 Å². The van der Waals surface area contributed by atoms with E-state index in [9.17, 15) is 9.59 Å². The van der Waals surface area contributed by atoms with Crippen molar-refractivity contribution in [3.63, 3.8) is 0 Å². The minimum atomic E-state index is -0.479. The second kappa shape index (κ2) is 7.08. The molecular formula is C21H25N3O2S. The molecule has 2 aliphatic heterocycles. The first-order chi connectivity index (χ1) is 13.0. The van der Waals surface area contributed by atoms with Crippen molar-refractivity contribution in [3.05, 3.63) is 52.0 Å². The molecule has 4 rings (SSSR count). The Morgan fingerprint density at radius 3 is 2.85 bits per heavy atom. The maximum Gasteiger partial charge on any atom is 0.264 e. The van der Waals surface area contributed by atoms with Crippen LogP contribution in [0.25, 0.3) is 0 Å². The van der Waals surface area contributed by atoms with Crippen molar-refractivity contribution < 1.29 is 9.59 Å². The number of thiophene rings is 1. The lowest BCUT2D eigenvalue weighted by atomic mass is 9.71. The van der Waals surface area contributed by atoms with Crippen molar-refractivity contribution in [1.82, 2.24) is 15.2 Å². The molecule has 5 nitrogen and oxygen atoms in total. The van der Waals surface area contributed by atoms with E-state index in [0.717, 1.165) is 41.0 Å². The molecule has 0 aromatic carbocycles. The lowest BCUT2D eigenvalue weighted by molar-refractivity contribution is -0.133. The van der Waals surface area contributed by atoms with Gasteiger partial charge in [0.2, 0.25) is 5.91 Å². The van der Waals surface area contributed by atoms with Crippen molar-refractivity contribution in [2.75, 3.05) is 0 Å². The molecule has 6 heteroatoms. The van der Waals surface area contributed by atoms with Crippen molar-refractivity contribution >= 4 is 23.2 Å². The second-order valence-corrected chi connectivity index (χ2v) is 8.92. The van der Waals surface area contributed by atoms with Gasteiger partial charge in [0.25, 0.3) is 5.91 Å². The average Bonchev–Trinajstić information content (AvgIpc) is 3.39. The maximum absolute atomic E-state index is 13.2. The molecule has 2 amide bonds. The number of amides is 2. The highest BCUT2D eigenvalue weighted by Crippen LogP contribution is 2.52. The summed E-state index contributed by atoms with van der Waals surface area (Å²) in [4.78, 5) is 34.4. The molecule has 4 heterocycles. The molecule has 0 spiro atoms. The molecule has 27 heavy (non-hydrogen) atoms. The van der Waals surface area contributed by atoms with Gasteiger partial charge in [0.15, 0.2) is 0 Å². The van der Waals surface area contributed by atoms with Crippen LogP contribution in [0.4, 0.5) is 0 Å². The third-order valence-electron chi connectivity index (χ3n) is 6.18. The molecule has 0 unspecified atom stereocenters. The minimum Gasteiger partial charge on any atom is -0.351 e. The summed E-state index contributed by atoms with van der Waals surface area (Å²) < 4.78 is 0. The fraction of sp³-hybridized carbons (Fsp3) is 0.476. The van der Waals surface area contributed by atoms with E-state index >= 15 is 0 Å². The number of carbonyl (C=O) groups is 2. The summed E-state index contributed by atoms with van der Waals surface area (Å²) in [6, 6.07) is 7.91. The quantitative estimate of drug-likeness (QED) is 0.859. The second-order valence-electron chi connectivity index (χ2n) is 7.63. The van der Waals surface area contributed by atoms with Gasteiger partial charge in [-0.05, 0) is 56.4 Å². The smallest absolute Gasteiger partial charge is 0.264 e. The van der Waals surface area contributed by atoms with Gasteiger partial charge in [-0.1, -0.05) is 13.0 Å². The molecular weight excluding hydrogens is 358 g/mol. The van der Waals surface area contributed by atoms with Gasteiger partial charge in [-0.3, -0.25) is 14.6 Å². The van der Waals surface area contributed by atoms with Crippen molar-refractivity contribution in [3.8, 4) is 0 Å². The van der Waals surface area contributed by atoms with E-state index in [-0.39, 0.29) is 23.9 Å².